The number of nitrogens with zero attached hydrogens (tertiary/aromatic N) is 5. The van der Waals surface area contributed by atoms with Crippen LogP contribution in [0, 0.1) is 13.8 Å². The summed E-state index contributed by atoms with van der Waals surface area (Å²) in [7, 11) is 1.93. The summed E-state index contributed by atoms with van der Waals surface area (Å²) in [4.78, 5) is 11.6. The van der Waals surface area contributed by atoms with Gasteiger partial charge in [0.25, 0.3) is 0 Å². The minimum absolute atomic E-state index is 0.791. The van der Waals surface area contributed by atoms with Crippen LogP contribution in [0.4, 0.5) is 5.95 Å². The van der Waals surface area contributed by atoms with Crippen LogP contribution in [-0.2, 0) is 20.0 Å². The summed E-state index contributed by atoms with van der Waals surface area (Å²) in [6.45, 7) is 6.18. The van der Waals surface area contributed by atoms with Crippen molar-refractivity contribution in [2.24, 2.45) is 7.05 Å². The minimum atomic E-state index is 0.791. The van der Waals surface area contributed by atoms with Crippen LogP contribution in [0.3, 0.4) is 0 Å². The number of aromatic nitrogens is 4. The third-order valence-electron chi connectivity index (χ3n) is 4.72. The van der Waals surface area contributed by atoms with E-state index in [1.807, 2.05) is 30.1 Å². The second-order valence-corrected chi connectivity index (χ2v) is 6.47. The van der Waals surface area contributed by atoms with Crippen molar-refractivity contribution < 1.29 is 0 Å². The Hall–Kier alpha value is -2.69. The van der Waals surface area contributed by atoms with Crippen LogP contribution in [0.1, 0.15) is 22.3 Å². The highest BCUT2D eigenvalue weighted by Gasteiger charge is 2.20. The van der Waals surface area contributed by atoms with Gasteiger partial charge in [0.15, 0.2) is 0 Å². The van der Waals surface area contributed by atoms with Crippen LogP contribution in [0.5, 0.6) is 0 Å². The zero-order valence-electron chi connectivity index (χ0n) is 14.3. The van der Waals surface area contributed by atoms with Crippen LogP contribution < -0.4 is 4.90 Å². The summed E-state index contributed by atoms with van der Waals surface area (Å²) in [5.41, 5.74) is 7.49. The number of fused-ring (bicyclic) bond motifs is 1. The molecule has 3 heterocycles. The van der Waals surface area contributed by atoms with Gasteiger partial charge in [-0.1, -0.05) is 17.7 Å². The SMILES string of the molecule is Cc1cc(C)c2c(c1)CCN(c1nccc(-c3ccnn3C)n1)C2. The number of hydrogen-bond donors (Lipinski definition) is 0. The third-order valence-corrected chi connectivity index (χ3v) is 4.72. The highest BCUT2D eigenvalue weighted by Crippen LogP contribution is 2.27. The Bertz CT molecular complexity index is 897. The van der Waals surface area contributed by atoms with E-state index in [0.29, 0.717) is 0 Å². The largest absolute Gasteiger partial charge is 0.336 e. The van der Waals surface area contributed by atoms with Crippen LogP contribution in [0.25, 0.3) is 11.4 Å². The van der Waals surface area contributed by atoms with Gasteiger partial charge in [0.2, 0.25) is 5.95 Å². The predicted octanol–water partition coefficient (Wildman–Crippen LogP) is 3.06. The Morgan fingerprint density at radius 3 is 2.75 bits per heavy atom. The third kappa shape index (κ3) is 2.56. The first-order chi connectivity index (χ1) is 11.6. The summed E-state index contributed by atoms with van der Waals surface area (Å²) < 4.78 is 1.84. The second-order valence-electron chi connectivity index (χ2n) is 6.47. The molecule has 0 saturated carbocycles. The van der Waals surface area contributed by atoms with Crippen molar-refractivity contribution in [2.45, 2.75) is 26.8 Å². The average Bonchev–Trinajstić information content (AvgIpc) is 3.01. The normalized spacial score (nSPS) is 13.9. The molecule has 0 bridgehead atoms. The van der Waals surface area contributed by atoms with Crippen molar-refractivity contribution in [1.29, 1.82) is 0 Å². The van der Waals surface area contributed by atoms with Crippen LogP contribution in [0.2, 0.25) is 0 Å². The van der Waals surface area contributed by atoms with Crippen molar-refractivity contribution in [3.05, 3.63) is 58.9 Å². The average molecular weight is 319 g/mol. The molecule has 0 saturated heterocycles. The lowest BCUT2D eigenvalue weighted by molar-refractivity contribution is 0.702. The lowest BCUT2D eigenvalue weighted by Crippen LogP contribution is -2.32. The number of anilines is 1. The van der Waals surface area contributed by atoms with Gasteiger partial charge in [-0.3, -0.25) is 4.68 Å². The summed E-state index contributed by atoms with van der Waals surface area (Å²) >= 11 is 0. The molecule has 122 valence electrons. The fraction of sp³-hybridized carbons (Fsp3) is 0.316. The Labute approximate surface area is 142 Å². The topological polar surface area (TPSA) is 46.8 Å². The van der Waals surface area contributed by atoms with Gasteiger partial charge < -0.3 is 4.90 Å². The second kappa shape index (κ2) is 5.74. The molecular weight excluding hydrogens is 298 g/mol. The molecule has 0 fully saturated rings. The molecule has 0 radical (unpaired) electrons. The van der Waals surface area contributed by atoms with E-state index < -0.39 is 0 Å². The van der Waals surface area contributed by atoms with Crippen molar-refractivity contribution in [2.75, 3.05) is 11.4 Å². The number of hydrogen-bond acceptors (Lipinski definition) is 4. The van der Waals surface area contributed by atoms with Gasteiger partial charge >= 0.3 is 0 Å². The highest BCUT2D eigenvalue weighted by atomic mass is 15.3. The maximum absolute atomic E-state index is 4.77. The Morgan fingerprint density at radius 2 is 1.96 bits per heavy atom. The first-order valence-corrected chi connectivity index (χ1v) is 8.27. The molecule has 5 heteroatoms. The molecule has 2 aromatic heterocycles. The highest BCUT2D eigenvalue weighted by molar-refractivity contribution is 5.56. The molecule has 1 aliphatic heterocycles. The van der Waals surface area contributed by atoms with E-state index in [9.17, 15) is 0 Å². The van der Waals surface area contributed by atoms with Gasteiger partial charge in [-0.2, -0.15) is 5.10 Å². The van der Waals surface area contributed by atoms with Crippen LogP contribution >= 0.6 is 0 Å². The minimum Gasteiger partial charge on any atom is -0.336 e. The molecule has 0 N–H and O–H groups in total. The van der Waals surface area contributed by atoms with Crippen molar-refractivity contribution in [3.63, 3.8) is 0 Å². The fourth-order valence-electron chi connectivity index (χ4n) is 3.50. The van der Waals surface area contributed by atoms with Crippen LogP contribution in [-0.4, -0.2) is 26.3 Å². The van der Waals surface area contributed by atoms with E-state index >= 15 is 0 Å². The molecule has 3 aromatic rings. The van der Waals surface area contributed by atoms with Gasteiger partial charge in [-0.05, 0) is 49.1 Å². The summed E-state index contributed by atoms with van der Waals surface area (Å²) in [5, 5.41) is 4.23. The maximum atomic E-state index is 4.77. The molecule has 24 heavy (non-hydrogen) atoms. The molecule has 0 spiro atoms. The van der Waals surface area contributed by atoms with Crippen LogP contribution in [0.15, 0.2) is 36.7 Å². The first kappa shape index (κ1) is 14.9. The molecule has 4 rings (SSSR count). The van der Waals surface area contributed by atoms with Gasteiger partial charge in [-0.15, -0.1) is 0 Å². The lowest BCUT2D eigenvalue weighted by atomic mass is 9.93. The van der Waals surface area contributed by atoms with Gasteiger partial charge in [0.1, 0.15) is 0 Å². The van der Waals surface area contributed by atoms with Gasteiger partial charge in [-0.25, -0.2) is 9.97 Å². The number of rotatable bonds is 2. The summed E-state index contributed by atoms with van der Waals surface area (Å²) in [6.07, 6.45) is 4.67. The number of benzene rings is 1. The molecule has 5 nitrogen and oxygen atoms in total. The summed E-state index contributed by atoms with van der Waals surface area (Å²) in [6, 6.07) is 8.49. The van der Waals surface area contributed by atoms with E-state index in [4.69, 9.17) is 4.98 Å². The predicted molar refractivity (Wildman–Crippen MR) is 94.9 cm³/mol. The van der Waals surface area contributed by atoms with Crippen molar-refractivity contribution >= 4 is 5.95 Å². The zero-order valence-corrected chi connectivity index (χ0v) is 14.3. The molecule has 0 atom stereocenters. The smallest absolute Gasteiger partial charge is 0.226 e. The Morgan fingerprint density at radius 1 is 1.08 bits per heavy atom. The first-order valence-electron chi connectivity index (χ1n) is 8.27. The van der Waals surface area contributed by atoms with E-state index in [-0.39, 0.29) is 0 Å². The van der Waals surface area contributed by atoms with E-state index in [0.717, 1.165) is 36.8 Å². The van der Waals surface area contributed by atoms with Gasteiger partial charge in [0, 0.05) is 32.5 Å². The molecular formula is C19H21N5. The standard InChI is InChI=1S/C19H21N5/c1-13-10-14(2)16-12-24(9-6-15(16)11-13)19-20-7-4-17(22-19)18-5-8-21-23(18)3/h4-5,7-8,10-11H,6,9,12H2,1-3H3. The van der Waals surface area contributed by atoms with Crippen molar-refractivity contribution in [1.82, 2.24) is 19.7 Å². The quantitative estimate of drug-likeness (QED) is 0.728. The Kier molecular flexibility index (Phi) is 3.56. The molecule has 1 aliphatic rings. The van der Waals surface area contributed by atoms with E-state index in [2.05, 4.69) is 41.0 Å². The maximum Gasteiger partial charge on any atom is 0.226 e. The molecule has 0 amide bonds. The van der Waals surface area contributed by atoms with Crippen molar-refractivity contribution in [3.8, 4) is 11.4 Å². The monoisotopic (exact) mass is 319 g/mol. The number of aryl methyl sites for hydroxylation is 3. The fourth-order valence-corrected chi connectivity index (χ4v) is 3.50. The van der Waals surface area contributed by atoms with E-state index in [1.165, 1.54) is 22.3 Å². The zero-order chi connectivity index (χ0) is 16.7. The van der Waals surface area contributed by atoms with Gasteiger partial charge in [0.05, 0.1) is 11.4 Å². The van der Waals surface area contributed by atoms with E-state index in [1.54, 1.807) is 6.20 Å². The molecule has 0 unspecified atom stereocenters. The Balaban J connectivity index is 1.67. The molecule has 0 aliphatic carbocycles. The lowest BCUT2D eigenvalue weighted by Gasteiger charge is -2.30. The molecule has 1 aromatic carbocycles. The summed E-state index contributed by atoms with van der Waals surface area (Å²) in [5.74, 6) is 0.791.